The second-order valence-electron chi connectivity index (χ2n) is 4.40. The lowest BCUT2D eigenvalue weighted by atomic mass is 10.0. The van der Waals surface area contributed by atoms with Crippen LogP contribution in [0, 0.1) is 0 Å². The first kappa shape index (κ1) is 17.9. The molecule has 9 heteroatoms. The van der Waals surface area contributed by atoms with E-state index in [1.807, 2.05) is 0 Å². The van der Waals surface area contributed by atoms with Gasteiger partial charge in [0.25, 0.3) is 0 Å². The minimum atomic E-state index is -0.851. The summed E-state index contributed by atoms with van der Waals surface area (Å²) in [5.74, 6) is -1.67. The zero-order chi connectivity index (χ0) is 16.0. The lowest BCUT2D eigenvalue weighted by Gasteiger charge is -2.38. The molecule has 0 N–H and O–H groups in total. The van der Waals surface area contributed by atoms with E-state index < -0.39 is 41.2 Å². The number of esters is 2. The molecular formula is C12H17BrO8. The Bertz CT molecular complexity index is 399. The van der Waals surface area contributed by atoms with Crippen LogP contribution >= 0.6 is 15.9 Å². The summed E-state index contributed by atoms with van der Waals surface area (Å²) in [4.78, 5) is 42.1. The first-order valence-electron chi connectivity index (χ1n) is 6.23. The molecule has 0 aromatic carbocycles. The van der Waals surface area contributed by atoms with E-state index in [0.29, 0.717) is 6.42 Å². The molecule has 0 aromatic rings. The second kappa shape index (κ2) is 8.30. The number of halogens is 1. The van der Waals surface area contributed by atoms with Crippen molar-refractivity contribution in [1.29, 1.82) is 0 Å². The first-order valence-corrected chi connectivity index (χ1v) is 7.15. The van der Waals surface area contributed by atoms with Gasteiger partial charge in [0, 0.05) is 27.2 Å². The SMILES string of the molecule is CC(=O)OOC[C@H]1OC(Br)C[C@@H](OC(C)=O)[C@H]1OC(C)=O. The Morgan fingerprint density at radius 2 is 1.71 bits per heavy atom. The van der Waals surface area contributed by atoms with Crippen molar-refractivity contribution in [3.05, 3.63) is 0 Å². The number of alkyl halides is 1. The molecule has 1 fully saturated rings. The Morgan fingerprint density at radius 1 is 1.10 bits per heavy atom. The number of hydrogen-bond donors (Lipinski definition) is 0. The van der Waals surface area contributed by atoms with Crippen LogP contribution in [0.4, 0.5) is 0 Å². The van der Waals surface area contributed by atoms with E-state index in [-0.39, 0.29) is 6.61 Å². The Kier molecular flexibility index (Phi) is 7.06. The fraction of sp³-hybridized carbons (Fsp3) is 0.750. The molecule has 0 aromatic heterocycles. The van der Waals surface area contributed by atoms with Gasteiger partial charge in [-0.25, -0.2) is 4.79 Å². The summed E-state index contributed by atoms with van der Waals surface area (Å²) in [6.45, 7) is 3.50. The van der Waals surface area contributed by atoms with Crippen LogP contribution in [0.25, 0.3) is 0 Å². The summed E-state index contributed by atoms with van der Waals surface area (Å²) in [5, 5.41) is -0.417. The van der Waals surface area contributed by atoms with Crippen molar-refractivity contribution in [3.63, 3.8) is 0 Å². The maximum atomic E-state index is 11.2. The Hall–Kier alpha value is -1.19. The van der Waals surface area contributed by atoms with E-state index in [2.05, 4.69) is 20.8 Å². The van der Waals surface area contributed by atoms with Crippen molar-refractivity contribution in [1.82, 2.24) is 0 Å². The predicted molar refractivity (Wildman–Crippen MR) is 71.0 cm³/mol. The quantitative estimate of drug-likeness (QED) is 0.305. The van der Waals surface area contributed by atoms with Crippen molar-refractivity contribution >= 4 is 33.8 Å². The van der Waals surface area contributed by atoms with Crippen molar-refractivity contribution in [2.45, 2.75) is 50.5 Å². The van der Waals surface area contributed by atoms with Gasteiger partial charge in [-0.1, -0.05) is 15.9 Å². The predicted octanol–water partition coefficient (Wildman–Crippen LogP) is 0.854. The molecule has 1 aliphatic heterocycles. The molecule has 0 bridgehead atoms. The third kappa shape index (κ3) is 6.40. The maximum Gasteiger partial charge on any atom is 0.339 e. The van der Waals surface area contributed by atoms with Crippen LogP contribution in [0.1, 0.15) is 27.2 Å². The van der Waals surface area contributed by atoms with Gasteiger partial charge in [0.05, 0.1) is 0 Å². The smallest absolute Gasteiger partial charge is 0.339 e. The average molecular weight is 369 g/mol. The van der Waals surface area contributed by atoms with Gasteiger partial charge in [0.2, 0.25) is 0 Å². The van der Waals surface area contributed by atoms with Gasteiger partial charge in [-0.3, -0.25) is 14.5 Å². The second-order valence-corrected chi connectivity index (χ2v) is 5.42. The summed E-state index contributed by atoms with van der Waals surface area (Å²) < 4.78 is 15.8. The van der Waals surface area contributed by atoms with E-state index in [9.17, 15) is 14.4 Å². The molecule has 0 amide bonds. The van der Waals surface area contributed by atoms with Gasteiger partial charge in [-0.2, -0.15) is 4.89 Å². The molecule has 1 saturated heterocycles. The van der Waals surface area contributed by atoms with Crippen molar-refractivity contribution in [2.24, 2.45) is 0 Å². The van der Waals surface area contributed by atoms with Crippen LogP contribution in [0.2, 0.25) is 0 Å². The molecule has 0 aliphatic carbocycles. The molecule has 120 valence electrons. The zero-order valence-electron chi connectivity index (χ0n) is 11.9. The van der Waals surface area contributed by atoms with Crippen LogP contribution in [0.15, 0.2) is 0 Å². The highest BCUT2D eigenvalue weighted by atomic mass is 79.9. The number of carbonyl (C=O) groups excluding carboxylic acids is 3. The van der Waals surface area contributed by atoms with Gasteiger partial charge in [-0.05, 0) is 0 Å². The molecule has 0 saturated carbocycles. The number of rotatable bonds is 5. The molecule has 1 heterocycles. The normalized spacial score (nSPS) is 28.6. The van der Waals surface area contributed by atoms with Gasteiger partial charge < -0.3 is 14.2 Å². The minimum Gasteiger partial charge on any atom is -0.458 e. The van der Waals surface area contributed by atoms with Crippen LogP contribution < -0.4 is 0 Å². The molecule has 1 unspecified atom stereocenters. The first-order chi connectivity index (χ1) is 9.79. The largest absolute Gasteiger partial charge is 0.458 e. The van der Waals surface area contributed by atoms with Crippen LogP contribution in [0.3, 0.4) is 0 Å². The Labute approximate surface area is 130 Å². The molecule has 21 heavy (non-hydrogen) atoms. The fourth-order valence-corrected chi connectivity index (χ4v) is 2.51. The van der Waals surface area contributed by atoms with E-state index in [4.69, 9.17) is 19.1 Å². The highest BCUT2D eigenvalue weighted by Gasteiger charge is 2.42. The van der Waals surface area contributed by atoms with E-state index in [0.717, 1.165) is 0 Å². The third-order valence-corrected chi connectivity index (χ3v) is 3.09. The van der Waals surface area contributed by atoms with Crippen LogP contribution in [0.5, 0.6) is 0 Å². The fourth-order valence-electron chi connectivity index (χ4n) is 1.87. The number of ether oxygens (including phenoxy) is 3. The molecular weight excluding hydrogens is 352 g/mol. The maximum absolute atomic E-state index is 11.2. The molecule has 0 radical (unpaired) electrons. The Morgan fingerprint density at radius 3 is 2.24 bits per heavy atom. The monoisotopic (exact) mass is 368 g/mol. The van der Waals surface area contributed by atoms with Gasteiger partial charge in [0.15, 0.2) is 6.10 Å². The highest BCUT2D eigenvalue weighted by molar-refractivity contribution is 9.09. The lowest BCUT2D eigenvalue weighted by molar-refractivity contribution is -0.295. The summed E-state index contributed by atoms with van der Waals surface area (Å²) in [6, 6.07) is 0. The highest BCUT2D eigenvalue weighted by Crippen LogP contribution is 2.28. The molecule has 4 atom stereocenters. The third-order valence-electron chi connectivity index (χ3n) is 2.50. The molecule has 1 aliphatic rings. The molecule has 1 rings (SSSR count). The van der Waals surface area contributed by atoms with Crippen LogP contribution in [-0.2, 0) is 38.4 Å². The summed E-state index contributed by atoms with van der Waals surface area (Å²) in [6.07, 6.45) is -1.98. The summed E-state index contributed by atoms with van der Waals surface area (Å²) in [7, 11) is 0. The number of carbonyl (C=O) groups is 3. The molecule has 0 spiro atoms. The van der Waals surface area contributed by atoms with Gasteiger partial charge in [0.1, 0.15) is 23.8 Å². The summed E-state index contributed by atoms with van der Waals surface area (Å²) in [5.41, 5.74) is 0. The van der Waals surface area contributed by atoms with Crippen molar-refractivity contribution in [2.75, 3.05) is 6.61 Å². The summed E-state index contributed by atoms with van der Waals surface area (Å²) >= 11 is 3.26. The lowest BCUT2D eigenvalue weighted by Crippen LogP contribution is -2.52. The van der Waals surface area contributed by atoms with E-state index >= 15 is 0 Å². The van der Waals surface area contributed by atoms with E-state index in [1.54, 1.807) is 0 Å². The standard InChI is InChI=1S/C12H17BrO8/c1-6(14)18-9-4-11(13)20-10(5-17-21-8(3)16)12(9)19-7(2)15/h9-12H,4-5H2,1-3H3/t9-,10-,11?,12-/m1/s1. The zero-order valence-corrected chi connectivity index (χ0v) is 13.5. The Balaban J connectivity index is 2.75. The van der Waals surface area contributed by atoms with Crippen molar-refractivity contribution < 1.29 is 38.4 Å². The van der Waals surface area contributed by atoms with Gasteiger partial charge in [-0.15, -0.1) is 0 Å². The average Bonchev–Trinajstić information content (AvgIpc) is 2.31. The van der Waals surface area contributed by atoms with Crippen molar-refractivity contribution in [3.8, 4) is 0 Å². The number of hydrogen-bond acceptors (Lipinski definition) is 8. The van der Waals surface area contributed by atoms with Crippen LogP contribution in [-0.4, -0.2) is 47.8 Å². The topological polar surface area (TPSA) is 97.4 Å². The van der Waals surface area contributed by atoms with Gasteiger partial charge >= 0.3 is 17.9 Å². The molecule has 8 nitrogen and oxygen atoms in total. The van der Waals surface area contributed by atoms with E-state index in [1.165, 1.54) is 20.8 Å². The minimum absolute atomic E-state index is 0.169.